The molecule has 0 atom stereocenters. The molecule has 7 nitrogen and oxygen atoms in total. The maximum absolute atomic E-state index is 12.8. The summed E-state index contributed by atoms with van der Waals surface area (Å²) in [6.45, 7) is 0. The van der Waals surface area contributed by atoms with E-state index in [2.05, 4.69) is 0 Å². The Morgan fingerprint density at radius 1 is 1.00 bits per heavy atom. The highest BCUT2D eigenvalue weighted by atomic mass is 35.5. The fourth-order valence-electron chi connectivity index (χ4n) is 2.92. The summed E-state index contributed by atoms with van der Waals surface area (Å²) >= 11 is 6.17. The predicted molar refractivity (Wildman–Crippen MR) is 111 cm³/mol. The van der Waals surface area contributed by atoms with E-state index in [0.29, 0.717) is 21.5 Å². The summed E-state index contributed by atoms with van der Waals surface area (Å²) in [5.74, 6) is -0.529. The number of nitro benzene ring substituents is 1. The Balaban J connectivity index is 1.63. The van der Waals surface area contributed by atoms with E-state index in [9.17, 15) is 19.7 Å². The number of non-ortho nitro benzene ring substituents is 1. The van der Waals surface area contributed by atoms with Crippen molar-refractivity contribution in [1.29, 1.82) is 0 Å². The van der Waals surface area contributed by atoms with E-state index in [0.717, 1.165) is 0 Å². The summed E-state index contributed by atoms with van der Waals surface area (Å²) in [5.41, 5.74) is 0.874. The number of ether oxygens (including phenoxy) is 1. The van der Waals surface area contributed by atoms with Crippen molar-refractivity contribution in [3.63, 3.8) is 0 Å². The maximum Gasteiger partial charge on any atom is 0.343 e. The van der Waals surface area contributed by atoms with Gasteiger partial charge in [0.2, 0.25) is 5.43 Å². The van der Waals surface area contributed by atoms with Crippen LogP contribution in [0.3, 0.4) is 0 Å². The third-order valence-electron chi connectivity index (χ3n) is 4.43. The molecular weight excluding hydrogens is 410 g/mol. The lowest BCUT2D eigenvalue weighted by atomic mass is 10.1. The Kier molecular flexibility index (Phi) is 5.04. The van der Waals surface area contributed by atoms with Crippen molar-refractivity contribution in [3.8, 4) is 16.9 Å². The van der Waals surface area contributed by atoms with Crippen LogP contribution in [0.5, 0.6) is 5.75 Å². The van der Waals surface area contributed by atoms with E-state index in [1.165, 1.54) is 48.7 Å². The zero-order chi connectivity index (χ0) is 21.3. The van der Waals surface area contributed by atoms with Crippen LogP contribution in [0.15, 0.2) is 82.2 Å². The Morgan fingerprint density at radius 2 is 1.73 bits per heavy atom. The Morgan fingerprint density at radius 3 is 2.43 bits per heavy atom. The number of benzene rings is 3. The quantitative estimate of drug-likeness (QED) is 0.193. The van der Waals surface area contributed by atoms with Gasteiger partial charge in [0.1, 0.15) is 17.6 Å². The summed E-state index contributed by atoms with van der Waals surface area (Å²) < 4.78 is 10.9. The molecule has 0 aliphatic rings. The summed E-state index contributed by atoms with van der Waals surface area (Å²) in [7, 11) is 0. The molecule has 0 unspecified atom stereocenters. The number of hydrogen-bond donors (Lipinski definition) is 0. The predicted octanol–water partition coefficient (Wildman–Crippen LogP) is 5.24. The van der Waals surface area contributed by atoms with Gasteiger partial charge in [-0.25, -0.2) is 4.79 Å². The van der Waals surface area contributed by atoms with Crippen LogP contribution in [0.2, 0.25) is 5.02 Å². The molecule has 0 saturated heterocycles. The molecule has 0 aliphatic carbocycles. The molecule has 0 bridgehead atoms. The molecule has 0 fully saturated rings. The molecule has 0 spiro atoms. The van der Waals surface area contributed by atoms with Gasteiger partial charge in [0.15, 0.2) is 0 Å². The third-order valence-corrected chi connectivity index (χ3v) is 4.76. The number of halogens is 1. The second kappa shape index (κ2) is 7.81. The first-order valence-electron chi connectivity index (χ1n) is 8.71. The standard InChI is InChI=1S/C22H12ClNO6/c23-19-4-2-1-3-16(19)18-12-29-20-11-15(9-10-17(20)21(18)25)30-22(26)13-5-7-14(8-6-13)24(27)28/h1-12H. The van der Waals surface area contributed by atoms with Gasteiger partial charge >= 0.3 is 5.97 Å². The van der Waals surface area contributed by atoms with E-state index in [4.69, 9.17) is 20.8 Å². The zero-order valence-corrected chi connectivity index (χ0v) is 16.0. The van der Waals surface area contributed by atoms with Crippen LogP contribution in [-0.2, 0) is 0 Å². The first-order chi connectivity index (χ1) is 14.4. The van der Waals surface area contributed by atoms with E-state index in [1.54, 1.807) is 24.3 Å². The number of hydrogen-bond acceptors (Lipinski definition) is 6. The minimum Gasteiger partial charge on any atom is -0.463 e. The van der Waals surface area contributed by atoms with Gasteiger partial charge in [-0.05, 0) is 30.3 Å². The molecular formula is C22H12ClNO6. The largest absolute Gasteiger partial charge is 0.463 e. The van der Waals surface area contributed by atoms with Gasteiger partial charge < -0.3 is 9.15 Å². The molecule has 0 aliphatic heterocycles. The lowest BCUT2D eigenvalue weighted by Gasteiger charge is -2.07. The normalized spacial score (nSPS) is 10.7. The minimum absolute atomic E-state index is 0.131. The zero-order valence-electron chi connectivity index (χ0n) is 15.2. The molecule has 1 aromatic heterocycles. The SMILES string of the molecule is O=C(Oc1ccc2c(=O)c(-c3ccccc3Cl)coc2c1)c1ccc([N+](=O)[O-])cc1. The molecule has 30 heavy (non-hydrogen) atoms. The maximum atomic E-state index is 12.8. The lowest BCUT2D eigenvalue weighted by Crippen LogP contribution is -2.09. The number of rotatable bonds is 4. The van der Waals surface area contributed by atoms with Crippen LogP contribution in [-0.4, -0.2) is 10.9 Å². The lowest BCUT2D eigenvalue weighted by molar-refractivity contribution is -0.384. The van der Waals surface area contributed by atoms with Crippen LogP contribution in [0.25, 0.3) is 22.1 Å². The molecule has 0 saturated carbocycles. The number of nitrogens with zero attached hydrogens (tertiary/aromatic N) is 1. The molecule has 4 rings (SSSR count). The van der Waals surface area contributed by atoms with Crippen molar-refractivity contribution in [1.82, 2.24) is 0 Å². The van der Waals surface area contributed by atoms with Gasteiger partial charge in [0, 0.05) is 28.8 Å². The van der Waals surface area contributed by atoms with E-state index < -0.39 is 10.9 Å². The van der Waals surface area contributed by atoms with E-state index in [1.807, 2.05) is 0 Å². The van der Waals surface area contributed by atoms with Gasteiger partial charge in [-0.2, -0.15) is 0 Å². The molecule has 1 heterocycles. The van der Waals surface area contributed by atoms with Crippen molar-refractivity contribution >= 4 is 34.2 Å². The summed E-state index contributed by atoms with van der Waals surface area (Å²) in [6.07, 6.45) is 1.31. The highest BCUT2D eigenvalue weighted by Crippen LogP contribution is 2.28. The van der Waals surface area contributed by atoms with Crippen LogP contribution < -0.4 is 10.2 Å². The van der Waals surface area contributed by atoms with Crippen LogP contribution in [0.4, 0.5) is 5.69 Å². The van der Waals surface area contributed by atoms with Crippen molar-refractivity contribution in [2.24, 2.45) is 0 Å². The highest BCUT2D eigenvalue weighted by molar-refractivity contribution is 6.33. The summed E-state index contributed by atoms with van der Waals surface area (Å²) in [5, 5.41) is 11.4. The number of carbonyl (C=O) groups is 1. The molecule has 148 valence electrons. The van der Waals surface area contributed by atoms with Crippen molar-refractivity contribution in [3.05, 3.63) is 104 Å². The number of fused-ring (bicyclic) bond motifs is 1. The van der Waals surface area contributed by atoms with Gasteiger partial charge in [-0.1, -0.05) is 29.8 Å². The molecule has 0 N–H and O–H groups in total. The van der Waals surface area contributed by atoms with Crippen LogP contribution in [0, 0.1) is 10.1 Å². The first-order valence-corrected chi connectivity index (χ1v) is 9.09. The molecule has 0 radical (unpaired) electrons. The molecule has 8 heteroatoms. The third kappa shape index (κ3) is 3.66. The minimum atomic E-state index is -0.695. The summed E-state index contributed by atoms with van der Waals surface area (Å²) in [4.78, 5) is 35.3. The second-order valence-electron chi connectivity index (χ2n) is 6.31. The highest BCUT2D eigenvalue weighted by Gasteiger charge is 2.15. The Bertz CT molecular complexity index is 1340. The van der Waals surface area contributed by atoms with Gasteiger partial charge in [0.25, 0.3) is 5.69 Å². The van der Waals surface area contributed by atoms with Crippen molar-refractivity contribution in [2.75, 3.05) is 0 Å². The van der Waals surface area contributed by atoms with Crippen molar-refractivity contribution < 1.29 is 18.9 Å². The number of carbonyl (C=O) groups excluding carboxylic acids is 1. The first kappa shape index (κ1) is 19.4. The number of nitro groups is 1. The van der Waals surface area contributed by atoms with Crippen LogP contribution >= 0.6 is 11.6 Å². The number of esters is 1. The average molecular weight is 422 g/mol. The molecule has 4 aromatic rings. The molecule has 3 aromatic carbocycles. The van der Waals surface area contributed by atoms with Crippen molar-refractivity contribution in [2.45, 2.75) is 0 Å². The van der Waals surface area contributed by atoms with Crippen LogP contribution in [0.1, 0.15) is 10.4 Å². The summed E-state index contributed by atoms with van der Waals surface area (Å²) in [6, 6.07) is 16.4. The molecule has 0 amide bonds. The van der Waals surface area contributed by atoms with Gasteiger partial charge in [-0.15, -0.1) is 0 Å². The van der Waals surface area contributed by atoms with E-state index in [-0.39, 0.29) is 28.0 Å². The fraction of sp³-hybridized carbons (Fsp3) is 0. The van der Waals surface area contributed by atoms with Gasteiger partial charge in [-0.3, -0.25) is 14.9 Å². The topological polar surface area (TPSA) is 99.7 Å². The van der Waals surface area contributed by atoms with Gasteiger partial charge in [0.05, 0.1) is 21.4 Å². The second-order valence-corrected chi connectivity index (χ2v) is 6.72. The smallest absolute Gasteiger partial charge is 0.343 e. The average Bonchev–Trinajstić information content (AvgIpc) is 2.75. The monoisotopic (exact) mass is 421 g/mol. The Labute approximate surface area is 174 Å². The van der Waals surface area contributed by atoms with E-state index >= 15 is 0 Å². The fourth-order valence-corrected chi connectivity index (χ4v) is 3.16. The Hall–Kier alpha value is -3.97.